The molecule has 0 N–H and O–H groups in total. The number of hydrogen-bond acceptors (Lipinski definition) is 3. The third-order valence-electron chi connectivity index (χ3n) is 2.30. The first-order valence-corrected chi connectivity index (χ1v) is 5.94. The Morgan fingerprint density at radius 1 is 1.12 bits per heavy atom. The molecule has 0 aromatic heterocycles. The number of rotatable bonds is 9. The summed E-state index contributed by atoms with van der Waals surface area (Å²) in [4.78, 5) is 22.0. The lowest BCUT2D eigenvalue weighted by molar-refractivity contribution is -0.143. The van der Waals surface area contributed by atoms with Crippen LogP contribution in [0.15, 0.2) is 12.2 Å². The molecule has 0 bridgehead atoms. The third kappa shape index (κ3) is 9.44. The van der Waals surface area contributed by atoms with E-state index in [2.05, 4.69) is 17.7 Å². The van der Waals surface area contributed by atoms with E-state index in [-0.39, 0.29) is 12.2 Å². The summed E-state index contributed by atoms with van der Waals surface area (Å²) in [5, 5.41) is 0. The predicted molar refractivity (Wildman–Crippen MR) is 64.2 cm³/mol. The number of esters is 1. The van der Waals surface area contributed by atoms with E-state index in [4.69, 9.17) is 0 Å². The molecule has 0 atom stereocenters. The average Bonchev–Trinajstić information content (AvgIpc) is 2.27. The molecule has 0 aromatic rings. The normalized spacial score (nSPS) is 10.6. The van der Waals surface area contributed by atoms with Gasteiger partial charge in [-0.1, -0.05) is 31.9 Å². The van der Waals surface area contributed by atoms with Crippen molar-refractivity contribution in [3.8, 4) is 0 Å². The number of unbranched alkanes of at least 4 members (excludes halogenated alkanes) is 3. The highest BCUT2D eigenvalue weighted by molar-refractivity contribution is 5.95. The zero-order chi connectivity index (χ0) is 12.2. The maximum Gasteiger partial charge on any atom is 0.313 e. The molecule has 3 nitrogen and oxygen atoms in total. The van der Waals surface area contributed by atoms with Gasteiger partial charge in [-0.2, -0.15) is 0 Å². The first kappa shape index (κ1) is 14.9. The SMILES string of the molecule is CCCCC/C=C/CCC(=O)CC(=O)OC. The number of carbonyl (C=O) groups is 2. The quantitative estimate of drug-likeness (QED) is 0.263. The fraction of sp³-hybridized carbons (Fsp3) is 0.692. The first-order valence-electron chi connectivity index (χ1n) is 5.94. The van der Waals surface area contributed by atoms with Crippen LogP contribution in [0, 0.1) is 0 Å². The van der Waals surface area contributed by atoms with E-state index in [1.165, 1.54) is 26.4 Å². The van der Waals surface area contributed by atoms with Gasteiger partial charge in [-0.15, -0.1) is 0 Å². The molecule has 92 valence electrons. The number of carbonyl (C=O) groups excluding carboxylic acids is 2. The topological polar surface area (TPSA) is 43.4 Å². The molecule has 0 saturated carbocycles. The van der Waals surface area contributed by atoms with Crippen LogP contribution >= 0.6 is 0 Å². The first-order chi connectivity index (χ1) is 7.70. The Kier molecular flexibility index (Phi) is 9.67. The summed E-state index contributed by atoms with van der Waals surface area (Å²) < 4.78 is 4.41. The van der Waals surface area contributed by atoms with Crippen molar-refractivity contribution >= 4 is 11.8 Å². The molecule has 0 unspecified atom stereocenters. The highest BCUT2D eigenvalue weighted by Crippen LogP contribution is 2.02. The number of ketones is 1. The smallest absolute Gasteiger partial charge is 0.313 e. The van der Waals surface area contributed by atoms with Crippen LogP contribution in [0.4, 0.5) is 0 Å². The molecular formula is C13H22O3. The Morgan fingerprint density at radius 2 is 1.81 bits per heavy atom. The fourth-order valence-corrected chi connectivity index (χ4v) is 1.31. The second-order valence-corrected chi connectivity index (χ2v) is 3.80. The molecule has 0 amide bonds. The van der Waals surface area contributed by atoms with E-state index in [0.29, 0.717) is 6.42 Å². The molecule has 3 heteroatoms. The van der Waals surface area contributed by atoms with Crippen LogP contribution in [0.25, 0.3) is 0 Å². The maximum atomic E-state index is 11.2. The van der Waals surface area contributed by atoms with Gasteiger partial charge in [-0.25, -0.2) is 0 Å². The molecule has 0 fully saturated rings. The van der Waals surface area contributed by atoms with Crippen LogP contribution in [-0.2, 0) is 14.3 Å². The lowest BCUT2D eigenvalue weighted by atomic mass is 10.1. The fourth-order valence-electron chi connectivity index (χ4n) is 1.31. The molecule has 0 spiro atoms. The Morgan fingerprint density at radius 3 is 2.44 bits per heavy atom. The van der Waals surface area contributed by atoms with E-state index in [9.17, 15) is 9.59 Å². The van der Waals surface area contributed by atoms with Crippen LogP contribution in [0.5, 0.6) is 0 Å². The zero-order valence-electron chi connectivity index (χ0n) is 10.3. The monoisotopic (exact) mass is 226 g/mol. The number of Topliss-reactive ketones (excluding diaryl/α,β-unsaturated/α-hetero) is 1. The minimum atomic E-state index is -0.447. The van der Waals surface area contributed by atoms with Crippen molar-refractivity contribution in [2.45, 2.75) is 51.9 Å². The van der Waals surface area contributed by atoms with Crippen molar-refractivity contribution in [1.82, 2.24) is 0 Å². The van der Waals surface area contributed by atoms with Crippen LogP contribution in [-0.4, -0.2) is 18.9 Å². The zero-order valence-corrected chi connectivity index (χ0v) is 10.3. The minimum absolute atomic E-state index is 0.0509. The Hall–Kier alpha value is -1.12. The van der Waals surface area contributed by atoms with Gasteiger partial charge in [0.15, 0.2) is 0 Å². The summed E-state index contributed by atoms with van der Waals surface area (Å²) in [5.41, 5.74) is 0. The third-order valence-corrected chi connectivity index (χ3v) is 2.30. The number of hydrogen-bond donors (Lipinski definition) is 0. The van der Waals surface area contributed by atoms with E-state index in [0.717, 1.165) is 12.8 Å². The van der Waals surface area contributed by atoms with Gasteiger partial charge in [0.2, 0.25) is 0 Å². The largest absolute Gasteiger partial charge is 0.469 e. The molecule has 0 aliphatic rings. The van der Waals surface area contributed by atoms with Crippen LogP contribution in [0.1, 0.15) is 51.9 Å². The molecule has 0 radical (unpaired) electrons. The van der Waals surface area contributed by atoms with Gasteiger partial charge in [-0.05, 0) is 19.3 Å². The second-order valence-electron chi connectivity index (χ2n) is 3.80. The maximum absolute atomic E-state index is 11.2. The lowest BCUT2D eigenvalue weighted by Gasteiger charge is -1.97. The molecule has 0 heterocycles. The van der Waals surface area contributed by atoms with Crippen LogP contribution in [0.2, 0.25) is 0 Å². The summed E-state index contributed by atoms with van der Waals surface area (Å²) in [5.74, 6) is -0.498. The van der Waals surface area contributed by atoms with Gasteiger partial charge in [0.25, 0.3) is 0 Å². The van der Waals surface area contributed by atoms with Crippen molar-refractivity contribution in [2.75, 3.05) is 7.11 Å². The van der Waals surface area contributed by atoms with Crippen molar-refractivity contribution < 1.29 is 14.3 Å². The van der Waals surface area contributed by atoms with E-state index >= 15 is 0 Å². The summed E-state index contributed by atoms with van der Waals surface area (Å²) in [6, 6.07) is 0. The van der Waals surface area contributed by atoms with Gasteiger partial charge in [0.05, 0.1) is 7.11 Å². The van der Waals surface area contributed by atoms with Gasteiger partial charge >= 0.3 is 5.97 Å². The van der Waals surface area contributed by atoms with Crippen molar-refractivity contribution in [1.29, 1.82) is 0 Å². The van der Waals surface area contributed by atoms with Gasteiger partial charge in [0.1, 0.15) is 12.2 Å². The molecule has 0 aliphatic heterocycles. The Bertz CT molecular complexity index is 231. The number of methoxy groups -OCH3 is 1. The Labute approximate surface area is 97.9 Å². The van der Waals surface area contributed by atoms with Crippen molar-refractivity contribution in [2.24, 2.45) is 0 Å². The Balaban J connectivity index is 3.43. The number of allylic oxidation sites excluding steroid dienone is 2. The molecule has 0 aromatic carbocycles. The molecule has 0 saturated heterocycles. The van der Waals surface area contributed by atoms with E-state index in [1.807, 2.05) is 6.08 Å². The van der Waals surface area contributed by atoms with Gasteiger partial charge in [-0.3, -0.25) is 9.59 Å². The van der Waals surface area contributed by atoms with E-state index in [1.54, 1.807) is 0 Å². The van der Waals surface area contributed by atoms with Gasteiger partial charge < -0.3 is 4.74 Å². The van der Waals surface area contributed by atoms with E-state index < -0.39 is 5.97 Å². The molecular weight excluding hydrogens is 204 g/mol. The average molecular weight is 226 g/mol. The molecule has 0 rings (SSSR count). The van der Waals surface area contributed by atoms with Crippen molar-refractivity contribution in [3.05, 3.63) is 12.2 Å². The van der Waals surface area contributed by atoms with Gasteiger partial charge in [0, 0.05) is 6.42 Å². The second kappa shape index (κ2) is 10.4. The molecule has 0 aliphatic carbocycles. The summed E-state index contributed by atoms with van der Waals surface area (Å²) in [6.07, 6.45) is 9.96. The summed E-state index contributed by atoms with van der Waals surface area (Å²) >= 11 is 0. The predicted octanol–water partition coefficient (Wildman–Crippen LogP) is 3.04. The summed E-state index contributed by atoms with van der Waals surface area (Å²) in [6.45, 7) is 2.18. The van der Waals surface area contributed by atoms with Crippen LogP contribution < -0.4 is 0 Å². The molecule has 16 heavy (non-hydrogen) atoms. The minimum Gasteiger partial charge on any atom is -0.469 e. The highest BCUT2D eigenvalue weighted by Gasteiger charge is 2.07. The van der Waals surface area contributed by atoms with Crippen LogP contribution in [0.3, 0.4) is 0 Å². The standard InChI is InChI=1S/C13H22O3/c1-3-4-5-6-7-8-9-10-12(14)11-13(15)16-2/h7-8H,3-6,9-11H2,1-2H3/b8-7+. The lowest BCUT2D eigenvalue weighted by Crippen LogP contribution is -2.08. The highest BCUT2D eigenvalue weighted by atomic mass is 16.5. The number of ether oxygens (including phenoxy) is 1. The van der Waals surface area contributed by atoms with Crippen molar-refractivity contribution in [3.63, 3.8) is 0 Å². The summed E-state index contributed by atoms with van der Waals surface area (Å²) in [7, 11) is 1.29.